The Hall–Kier alpha value is -4.40. The number of carbonyl (C=O) groups excluding carboxylic acids is 1. The van der Waals surface area contributed by atoms with Gasteiger partial charge in [-0.3, -0.25) is 19.6 Å². The molecule has 0 unspecified atom stereocenters. The van der Waals surface area contributed by atoms with Crippen molar-refractivity contribution in [3.63, 3.8) is 0 Å². The summed E-state index contributed by atoms with van der Waals surface area (Å²) in [6.45, 7) is 8.14. The highest BCUT2D eigenvalue weighted by Crippen LogP contribution is 2.25. The number of nitro groups is 1. The third-order valence-corrected chi connectivity index (χ3v) is 5.70. The first-order valence-corrected chi connectivity index (χ1v) is 11.1. The fraction of sp³-hybridized carbons (Fsp3) is 0.231. The van der Waals surface area contributed by atoms with Crippen molar-refractivity contribution < 1.29 is 18.9 Å². The number of nitro benzene ring substituents is 1. The van der Waals surface area contributed by atoms with Crippen molar-refractivity contribution >= 4 is 17.3 Å². The number of aromatic nitrogens is 2. The number of hydrogen-bond acceptors (Lipinski definition) is 6. The standard InChI is InChI=1S/C26H26N4O5/c1-16-5-7-20(8-6-16)14-29-19(4)25(18(3)28-29)27-26(31)24-12-10-22(35-24)15-34-21-9-11-23(30(32)33)17(2)13-21/h5-13H,14-15H2,1-4H3,(H,27,31). The lowest BCUT2D eigenvalue weighted by atomic mass is 10.1. The number of nitrogens with one attached hydrogen (secondary N) is 1. The molecule has 0 aliphatic rings. The van der Waals surface area contributed by atoms with Crippen LogP contribution in [-0.4, -0.2) is 20.6 Å². The summed E-state index contributed by atoms with van der Waals surface area (Å²) in [5, 5.41) is 18.4. The van der Waals surface area contributed by atoms with E-state index in [2.05, 4.69) is 34.7 Å². The Bertz CT molecular complexity index is 1390. The Morgan fingerprint density at radius 3 is 2.51 bits per heavy atom. The monoisotopic (exact) mass is 474 g/mol. The molecule has 1 amide bonds. The number of ether oxygens (including phenoxy) is 1. The molecule has 9 nitrogen and oxygen atoms in total. The van der Waals surface area contributed by atoms with Crippen LogP contribution in [0.3, 0.4) is 0 Å². The lowest BCUT2D eigenvalue weighted by Crippen LogP contribution is -2.12. The van der Waals surface area contributed by atoms with Gasteiger partial charge >= 0.3 is 0 Å². The molecule has 0 atom stereocenters. The largest absolute Gasteiger partial charge is 0.486 e. The SMILES string of the molecule is Cc1ccc(Cn2nc(C)c(NC(=O)c3ccc(COc4ccc([N+](=O)[O-])c(C)c4)o3)c2C)cc1. The topological polar surface area (TPSA) is 112 Å². The maximum Gasteiger partial charge on any atom is 0.291 e. The molecule has 0 aliphatic carbocycles. The Labute approximate surface area is 202 Å². The van der Waals surface area contributed by atoms with Crippen LogP contribution in [0.1, 0.15) is 44.4 Å². The van der Waals surface area contributed by atoms with E-state index in [0.717, 1.165) is 11.3 Å². The van der Waals surface area contributed by atoms with Crippen LogP contribution in [0.2, 0.25) is 0 Å². The molecule has 0 bridgehead atoms. The number of nitrogens with zero attached hydrogens (tertiary/aromatic N) is 3. The van der Waals surface area contributed by atoms with Gasteiger partial charge in [-0.15, -0.1) is 0 Å². The summed E-state index contributed by atoms with van der Waals surface area (Å²) in [6.07, 6.45) is 0. The maximum absolute atomic E-state index is 12.8. The Morgan fingerprint density at radius 2 is 1.83 bits per heavy atom. The summed E-state index contributed by atoms with van der Waals surface area (Å²) >= 11 is 0. The minimum Gasteiger partial charge on any atom is -0.486 e. The van der Waals surface area contributed by atoms with Crippen LogP contribution >= 0.6 is 0 Å². The van der Waals surface area contributed by atoms with Crippen molar-refractivity contribution in [2.24, 2.45) is 0 Å². The highest BCUT2D eigenvalue weighted by atomic mass is 16.6. The minimum absolute atomic E-state index is 0.0297. The van der Waals surface area contributed by atoms with E-state index >= 15 is 0 Å². The first kappa shape index (κ1) is 23.7. The molecule has 4 aromatic rings. The number of aryl methyl sites for hydroxylation is 3. The fourth-order valence-electron chi connectivity index (χ4n) is 3.73. The number of benzene rings is 2. The van der Waals surface area contributed by atoms with Gasteiger partial charge in [0.1, 0.15) is 18.1 Å². The van der Waals surface area contributed by atoms with Crippen molar-refractivity contribution in [1.82, 2.24) is 9.78 Å². The first-order valence-electron chi connectivity index (χ1n) is 11.1. The Balaban J connectivity index is 1.40. The predicted molar refractivity (Wildman–Crippen MR) is 131 cm³/mol. The molecule has 180 valence electrons. The van der Waals surface area contributed by atoms with Gasteiger partial charge in [-0.2, -0.15) is 5.10 Å². The van der Waals surface area contributed by atoms with Gasteiger partial charge in [0.25, 0.3) is 11.6 Å². The van der Waals surface area contributed by atoms with Crippen molar-refractivity contribution in [2.45, 2.75) is 40.8 Å². The zero-order valence-electron chi connectivity index (χ0n) is 20.0. The smallest absolute Gasteiger partial charge is 0.291 e. The third kappa shape index (κ3) is 5.40. The quantitative estimate of drug-likeness (QED) is 0.267. The summed E-state index contributed by atoms with van der Waals surface area (Å²) in [4.78, 5) is 23.3. The fourth-order valence-corrected chi connectivity index (χ4v) is 3.73. The normalized spacial score (nSPS) is 10.9. The molecule has 35 heavy (non-hydrogen) atoms. The van der Waals surface area contributed by atoms with Gasteiger partial charge in [0, 0.05) is 11.6 Å². The van der Waals surface area contributed by atoms with Crippen LogP contribution in [0.5, 0.6) is 5.75 Å². The second-order valence-electron chi connectivity index (χ2n) is 8.40. The number of hydrogen-bond donors (Lipinski definition) is 1. The second-order valence-corrected chi connectivity index (χ2v) is 8.40. The molecular formula is C26H26N4O5. The molecule has 0 spiro atoms. The third-order valence-electron chi connectivity index (χ3n) is 5.70. The van der Waals surface area contributed by atoms with Gasteiger partial charge in [0.2, 0.25) is 0 Å². The van der Waals surface area contributed by atoms with Crippen molar-refractivity contribution in [1.29, 1.82) is 0 Å². The molecule has 9 heteroatoms. The van der Waals surface area contributed by atoms with Crippen molar-refractivity contribution in [3.8, 4) is 5.75 Å². The molecular weight excluding hydrogens is 448 g/mol. The Kier molecular flexibility index (Phi) is 6.68. The van der Waals surface area contributed by atoms with Gasteiger partial charge in [-0.05, 0) is 57.5 Å². The maximum atomic E-state index is 12.8. The van der Waals surface area contributed by atoms with E-state index in [1.807, 2.05) is 25.5 Å². The Morgan fingerprint density at radius 1 is 1.09 bits per heavy atom. The molecule has 2 aromatic carbocycles. The molecule has 0 saturated heterocycles. The number of rotatable bonds is 8. The summed E-state index contributed by atoms with van der Waals surface area (Å²) in [7, 11) is 0. The van der Waals surface area contributed by atoms with E-state index in [0.29, 0.717) is 35.0 Å². The second kappa shape index (κ2) is 9.84. The van der Waals surface area contributed by atoms with Gasteiger partial charge < -0.3 is 14.5 Å². The van der Waals surface area contributed by atoms with E-state index in [-0.39, 0.29) is 24.0 Å². The molecule has 0 aliphatic heterocycles. The summed E-state index contributed by atoms with van der Waals surface area (Å²) < 4.78 is 13.2. The van der Waals surface area contributed by atoms with Crippen LogP contribution in [0.15, 0.2) is 59.0 Å². The van der Waals surface area contributed by atoms with Crippen LogP contribution in [0.4, 0.5) is 11.4 Å². The first-order chi connectivity index (χ1) is 16.7. The molecule has 0 radical (unpaired) electrons. The molecule has 2 heterocycles. The van der Waals surface area contributed by atoms with E-state index in [4.69, 9.17) is 9.15 Å². The molecule has 1 N–H and O–H groups in total. The number of furan rings is 1. The lowest BCUT2D eigenvalue weighted by molar-refractivity contribution is -0.385. The van der Waals surface area contributed by atoms with Gasteiger partial charge in [0.15, 0.2) is 5.76 Å². The average molecular weight is 475 g/mol. The summed E-state index contributed by atoms with van der Waals surface area (Å²) in [5.74, 6) is 0.689. The van der Waals surface area contributed by atoms with Crippen molar-refractivity contribution in [2.75, 3.05) is 5.32 Å². The lowest BCUT2D eigenvalue weighted by Gasteiger charge is -2.07. The van der Waals surface area contributed by atoms with Gasteiger partial charge in [-0.25, -0.2) is 0 Å². The van der Waals surface area contributed by atoms with E-state index < -0.39 is 4.92 Å². The van der Waals surface area contributed by atoms with Gasteiger partial charge in [-0.1, -0.05) is 29.8 Å². The number of amides is 1. The molecule has 2 aromatic heterocycles. The molecule has 0 fully saturated rings. The van der Waals surface area contributed by atoms with E-state index in [1.165, 1.54) is 17.7 Å². The summed E-state index contributed by atoms with van der Waals surface area (Å²) in [5.41, 5.74) is 5.06. The average Bonchev–Trinajstić information content (AvgIpc) is 3.39. The van der Waals surface area contributed by atoms with E-state index in [9.17, 15) is 14.9 Å². The molecule has 4 rings (SSSR count). The van der Waals surface area contributed by atoms with Gasteiger partial charge in [0.05, 0.1) is 28.5 Å². The number of anilines is 1. The number of carbonyl (C=O) groups is 1. The highest BCUT2D eigenvalue weighted by Gasteiger charge is 2.18. The van der Waals surface area contributed by atoms with Crippen LogP contribution in [0.25, 0.3) is 0 Å². The zero-order valence-corrected chi connectivity index (χ0v) is 20.0. The van der Waals surface area contributed by atoms with Crippen LogP contribution in [-0.2, 0) is 13.2 Å². The van der Waals surface area contributed by atoms with Crippen LogP contribution < -0.4 is 10.1 Å². The molecule has 0 saturated carbocycles. The highest BCUT2D eigenvalue weighted by molar-refractivity contribution is 6.02. The van der Waals surface area contributed by atoms with E-state index in [1.54, 1.807) is 25.1 Å². The zero-order chi connectivity index (χ0) is 25.1. The van der Waals surface area contributed by atoms with Crippen LogP contribution in [0, 0.1) is 37.8 Å². The predicted octanol–water partition coefficient (Wildman–Crippen LogP) is 5.50. The van der Waals surface area contributed by atoms with Crippen molar-refractivity contribution in [3.05, 3.63) is 104 Å². The minimum atomic E-state index is -0.438. The summed E-state index contributed by atoms with van der Waals surface area (Å²) in [6, 6.07) is 16.0.